The van der Waals surface area contributed by atoms with Crippen LogP contribution in [0.1, 0.15) is 31.2 Å². The molecule has 1 aromatic rings. The van der Waals surface area contributed by atoms with Crippen molar-refractivity contribution < 1.29 is 4.58 Å². The Morgan fingerprint density at radius 2 is 1.79 bits per heavy atom. The van der Waals surface area contributed by atoms with Crippen molar-refractivity contribution >= 4 is 22.5 Å². The first-order valence-electron chi connectivity index (χ1n) is 7.21. The third-order valence-corrected chi connectivity index (χ3v) is 5.98. The lowest BCUT2D eigenvalue weighted by Gasteiger charge is -2.20. The average molecular weight is 275 g/mol. The molecule has 19 heavy (non-hydrogen) atoms. The van der Waals surface area contributed by atoms with Gasteiger partial charge >= 0.3 is 0 Å². The Kier molecular flexibility index (Phi) is 3.57. The van der Waals surface area contributed by atoms with Gasteiger partial charge in [-0.2, -0.15) is 0 Å². The molecular weight excluding hydrogens is 252 g/mol. The largest absolute Gasteiger partial charge is 0.378 e. The predicted octanol–water partition coefficient (Wildman–Crippen LogP) is 3.20. The summed E-state index contributed by atoms with van der Waals surface area (Å²) in [4.78, 5) is 2.15. The number of fused-ring (bicyclic) bond motifs is 1. The van der Waals surface area contributed by atoms with Gasteiger partial charge in [-0.25, -0.2) is 4.58 Å². The van der Waals surface area contributed by atoms with E-state index in [1.807, 2.05) is 0 Å². The van der Waals surface area contributed by atoms with Crippen LogP contribution in [0.3, 0.4) is 0 Å². The van der Waals surface area contributed by atoms with E-state index in [9.17, 15) is 0 Å². The number of hydrogen-bond donors (Lipinski definition) is 0. The van der Waals surface area contributed by atoms with Crippen molar-refractivity contribution in [3.8, 4) is 0 Å². The van der Waals surface area contributed by atoms with Gasteiger partial charge in [0.15, 0.2) is 6.04 Å². The minimum absolute atomic E-state index is 0.766. The Morgan fingerprint density at radius 1 is 1.11 bits per heavy atom. The van der Waals surface area contributed by atoms with Crippen LogP contribution in [0, 0.1) is 0 Å². The monoisotopic (exact) mass is 275 g/mol. The van der Waals surface area contributed by atoms with E-state index in [0.29, 0.717) is 0 Å². The van der Waals surface area contributed by atoms with Gasteiger partial charge in [-0.3, -0.25) is 0 Å². The van der Waals surface area contributed by atoms with Crippen LogP contribution in [0.5, 0.6) is 0 Å². The number of benzene rings is 1. The first-order chi connectivity index (χ1) is 9.16. The van der Waals surface area contributed by atoms with E-state index in [-0.39, 0.29) is 0 Å². The third-order valence-electron chi connectivity index (χ3n) is 4.38. The van der Waals surface area contributed by atoms with E-state index >= 15 is 0 Å². The molecule has 1 fully saturated rings. The van der Waals surface area contributed by atoms with Crippen molar-refractivity contribution in [2.45, 2.75) is 37.0 Å². The van der Waals surface area contributed by atoms with Gasteiger partial charge in [0.25, 0.3) is 0 Å². The highest BCUT2D eigenvalue weighted by Crippen LogP contribution is 2.38. The normalized spacial score (nSPS) is 26.5. The van der Waals surface area contributed by atoms with Gasteiger partial charge in [-0.05, 0) is 48.9 Å². The van der Waals surface area contributed by atoms with Crippen LogP contribution in [0.25, 0.3) is 0 Å². The summed E-state index contributed by atoms with van der Waals surface area (Å²) >= 11 is 2.10. The molecule has 1 saturated carbocycles. The van der Waals surface area contributed by atoms with Gasteiger partial charge < -0.3 is 4.90 Å². The van der Waals surface area contributed by atoms with Crippen LogP contribution in [0.15, 0.2) is 24.3 Å². The van der Waals surface area contributed by atoms with Gasteiger partial charge in [0, 0.05) is 26.2 Å². The van der Waals surface area contributed by atoms with Gasteiger partial charge in [0.2, 0.25) is 5.04 Å². The Hall–Kier alpha value is -0.960. The molecule has 3 rings (SSSR count). The molecule has 0 amide bonds. The summed E-state index contributed by atoms with van der Waals surface area (Å²) in [5, 5.41) is 2.30. The Bertz CT molecular complexity index is 490. The highest BCUT2D eigenvalue weighted by atomic mass is 32.2. The Morgan fingerprint density at radius 3 is 2.42 bits per heavy atom. The van der Waals surface area contributed by atoms with E-state index in [4.69, 9.17) is 0 Å². The quantitative estimate of drug-likeness (QED) is 0.765. The van der Waals surface area contributed by atoms with Crippen LogP contribution >= 0.6 is 11.8 Å². The van der Waals surface area contributed by atoms with Crippen LogP contribution in [0.4, 0.5) is 5.69 Å². The zero-order valence-corrected chi connectivity index (χ0v) is 12.9. The number of anilines is 1. The number of thioether (sulfide) groups is 1. The zero-order chi connectivity index (χ0) is 13.4. The van der Waals surface area contributed by atoms with Crippen LogP contribution < -0.4 is 4.90 Å². The molecule has 0 saturated heterocycles. The topological polar surface area (TPSA) is 6.25 Å². The molecule has 0 spiro atoms. The lowest BCUT2D eigenvalue weighted by Crippen LogP contribution is -2.31. The zero-order valence-electron chi connectivity index (χ0n) is 12.1. The predicted molar refractivity (Wildman–Crippen MR) is 84.7 cm³/mol. The number of rotatable bonds is 2. The molecule has 1 aromatic carbocycles. The highest BCUT2D eigenvalue weighted by molar-refractivity contribution is 8.15. The van der Waals surface area contributed by atoms with Crippen molar-refractivity contribution in [3.05, 3.63) is 29.8 Å². The molecule has 2 nitrogen and oxygen atoms in total. The van der Waals surface area contributed by atoms with E-state index in [0.717, 1.165) is 11.3 Å². The Balaban J connectivity index is 1.87. The maximum Gasteiger partial charge on any atom is 0.242 e. The van der Waals surface area contributed by atoms with Gasteiger partial charge in [-0.15, -0.1) is 0 Å². The second-order valence-electron chi connectivity index (χ2n) is 5.87. The molecule has 0 bridgehead atoms. The summed E-state index contributed by atoms with van der Waals surface area (Å²) in [6.45, 7) is 0. The third kappa shape index (κ3) is 2.40. The average Bonchev–Trinajstić information content (AvgIpc) is 2.77. The first-order valence-corrected chi connectivity index (χ1v) is 8.09. The summed E-state index contributed by atoms with van der Waals surface area (Å²) in [5.74, 6) is 0. The highest BCUT2D eigenvalue weighted by Gasteiger charge is 2.42. The molecule has 2 atom stereocenters. The van der Waals surface area contributed by atoms with E-state index in [2.05, 4.69) is 66.6 Å². The SMILES string of the molecule is CN(C)c1ccc(C2=[N+](C)C3CCCCC3S2)cc1. The molecule has 3 heteroatoms. The van der Waals surface area contributed by atoms with Gasteiger partial charge in [-0.1, -0.05) is 6.42 Å². The molecule has 1 aliphatic carbocycles. The molecule has 2 unspecified atom stereocenters. The van der Waals surface area contributed by atoms with Crippen LogP contribution in [-0.2, 0) is 0 Å². The molecule has 102 valence electrons. The lowest BCUT2D eigenvalue weighted by molar-refractivity contribution is -0.533. The summed E-state index contributed by atoms with van der Waals surface area (Å²) in [7, 11) is 6.46. The molecule has 0 radical (unpaired) electrons. The number of hydrogen-bond acceptors (Lipinski definition) is 2. The standard InChI is InChI=1S/C16H23N2S/c1-17(2)13-10-8-12(9-11-13)16-18(3)14-6-4-5-7-15(14)19-16/h8-11,14-15H,4-7H2,1-3H3/q+1. The summed E-state index contributed by atoms with van der Waals surface area (Å²) in [6.07, 6.45) is 5.57. The van der Waals surface area contributed by atoms with Gasteiger partial charge in [0.05, 0.1) is 10.8 Å². The van der Waals surface area contributed by atoms with Gasteiger partial charge in [0.1, 0.15) is 7.05 Å². The first kappa shape index (κ1) is 13.0. The second kappa shape index (κ2) is 5.20. The van der Waals surface area contributed by atoms with Crippen molar-refractivity contribution in [2.75, 3.05) is 26.0 Å². The maximum absolute atomic E-state index is 2.53. The second-order valence-corrected chi connectivity index (χ2v) is 7.09. The molecule has 0 N–H and O–H groups in total. The lowest BCUT2D eigenvalue weighted by atomic mass is 9.95. The summed E-state index contributed by atoms with van der Waals surface area (Å²) in [5.41, 5.74) is 2.65. The fourth-order valence-corrected chi connectivity index (χ4v) is 4.83. The van der Waals surface area contributed by atoms with Crippen molar-refractivity contribution in [1.82, 2.24) is 0 Å². The molecular formula is C16H23N2S+. The van der Waals surface area contributed by atoms with Crippen molar-refractivity contribution in [1.29, 1.82) is 0 Å². The molecule has 0 aromatic heterocycles. The maximum atomic E-state index is 2.53. The van der Waals surface area contributed by atoms with E-state index in [1.54, 1.807) is 0 Å². The smallest absolute Gasteiger partial charge is 0.242 e. The molecule has 1 heterocycles. The van der Waals surface area contributed by atoms with E-state index in [1.165, 1.54) is 42.0 Å². The van der Waals surface area contributed by atoms with Crippen LogP contribution in [0.2, 0.25) is 0 Å². The minimum Gasteiger partial charge on any atom is -0.378 e. The summed E-state index contributed by atoms with van der Waals surface area (Å²) < 4.78 is 2.53. The minimum atomic E-state index is 0.766. The fraction of sp³-hybridized carbons (Fsp3) is 0.562. The number of nitrogens with zero attached hydrogens (tertiary/aromatic N) is 2. The molecule has 2 aliphatic rings. The van der Waals surface area contributed by atoms with E-state index < -0.39 is 0 Å². The Labute approximate surface area is 120 Å². The van der Waals surface area contributed by atoms with Crippen molar-refractivity contribution in [2.24, 2.45) is 0 Å². The van der Waals surface area contributed by atoms with Crippen LogP contribution in [-0.4, -0.2) is 42.1 Å². The fourth-order valence-electron chi connectivity index (χ4n) is 3.21. The molecule has 1 aliphatic heterocycles. The summed E-state index contributed by atoms with van der Waals surface area (Å²) in [6, 6.07) is 9.75. The van der Waals surface area contributed by atoms with Crippen molar-refractivity contribution in [3.63, 3.8) is 0 Å².